The molecule has 2 N–H and O–H groups in total. The molecule has 0 aliphatic heterocycles. The van der Waals surface area contributed by atoms with Crippen LogP contribution in [-0.4, -0.2) is 33.7 Å². The number of aromatic nitrogens is 2. The maximum absolute atomic E-state index is 11.1. The zero-order valence-electron chi connectivity index (χ0n) is 9.59. The van der Waals surface area contributed by atoms with Crippen LogP contribution in [0.5, 0.6) is 5.88 Å². The van der Waals surface area contributed by atoms with Crippen molar-refractivity contribution in [2.24, 2.45) is 5.92 Å². The van der Waals surface area contributed by atoms with E-state index in [1.54, 1.807) is 6.07 Å². The predicted molar refractivity (Wildman–Crippen MR) is 61.0 cm³/mol. The van der Waals surface area contributed by atoms with Gasteiger partial charge in [-0.3, -0.25) is 0 Å². The van der Waals surface area contributed by atoms with Gasteiger partial charge in [-0.1, -0.05) is 0 Å². The maximum atomic E-state index is 11.1. The first kappa shape index (κ1) is 11.6. The van der Waals surface area contributed by atoms with Crippen molar-refractivity contribution in [2.75, 3.05) is 11.9 Å². The number of ether oxygens (including phenoxy) is 1. The number of carboxylic acid groups (broad SMARTS) is 1. The van der Waals surface area contributed by atoms with Gasteiger partial charge in [-0.2, -0.15) is 0 Å². The number of nitrogens with zero attached hydrogens (tertiary/aromatic N) is 2. The minimum atomic E-state index is -0.843. The Morgan fingerprint density at radius 1 is 1.65 bits per heavy atom. The van der Waals surface area contributed by atoms with Crippen LogP contribution in [0.1, 0.15) is 19.8 Å². The van der Waals surface area contributed by atoms with Gasteiger partial charge in [0.05, 0.1) is 6.61 Å². The normalized spacial score (nSPS) is 16.3. The average Bonchev–Trinajstić information content (AvgIpc) is 3.10. The molecular weight excluding hydrogens is 222 g/mol. The molecule has 0 spiro atoms. The van der Waals surface area contributed by atoms with Gasteiger partial charge in [0.2, 0.25) is 5.88 Å². The SMILES string of the molecule is CCOc1cc(NC(C(=O)O)C2CC2)ncn1. The summed E-state index contributed by atoms with van der Waals surface area (Å²) in [5.74, 6) is 0.301. The summed E-state index contributed by atoms with van der Waals surface area (Å²) < 4.78 is 5.23. The molecule has 1 fully saturated rings. The highest BCUT2D eigenvalue weighted by Gasteiger charge is 2.36. The number of anilines is 1. The molecule has 6 nitrogen and oxygen atoms in total. The molecular formula is C11H15N3O3. The van der Waals surface area contributed by atoms with E-state index in [9.17, 15) is 4.79 Å². The number of rotatable bonds is 6. The van der Waals surface area contributed by atoms with Gasteiger partial charge < -0.3 is 15.2 Å². The maximum Gasteiger partial charge on any atom is 0.326 e. The smallest absolute Gasteiger partial charge is 0.326 e. The number of carbonyl (C=O) groups is 1. The molecule has 1 atom stereocenters. The third-order valence-electron chi connectivity index (χ3n) is 2.60. The first-order valence-electron chi connectivity index (χ1n) is 5.65. The van der Waals surface area contributed by atoms with Crippen molar-refractivity contribution in [1.29, 1.82) is 0 Å². The fourth-order valence-electron chi connectivity index (χ4n) is 1.62. The van der Waals surface area contributed by atoms with Gasteiger partial charge in [0.1, 0.15) is 18.2 Å². The molecule has 0 bridgehead atoms. The molecule has 1 aromatic heterocycles. The lowest BCUT2D eigenvalue weighted by Crippen LogP contribution is -2.31. The lowest BCUT2D eigenvalue weighted by atomic mass is 10.2. The molecule has 1 aliphatic carbocycles. The zero-order valence-corrected chi connectivity index (χ0v) is 9.59. The molecule has 1 unspecified atom stereocenters. The van der Waals surface area contributed by atoms with Crippen LogP contribution in [0.3, 0.4) is 0 Å². The number of hydrogen-bond donors (Lipinski definition) is 2. The summed E-state index contributed by atoms with van der Waals surface area (Å²) in [4.78, 5) is 19.0. The topological polar surface area (TPSA) is 84.3 Å². The van der Waals surface area contributed by atoms with Crippen LogP contribution < -0.4 is 10.1 Å². The Kier molecular flexibility index (Phi) is 3.41. The first-order valence-corrected chi connectivity index (χ1v) is 5.65. The third-order valence-corrected chi connectivity index (χ3v) is 2.60. The highest BCUT2D eigenvalue weighted by atomic mass is 16.5. The summed E-state index contributed by atoms with van der Waals surface area (Å²) >= 11 is 0. The molecule has 0 radical (unpaired) electrons. The molecule has 1 aliphatic rings. The van der Waals surface area contributed by atoms with E-state index in [2.05, 4.69) is 15.3 Å². The monoisotopic (exact) mass is 237 g/mol. The van der Waals surface area contributed by atoms with Crippen molar-refractivity contribution in [3.05, 3.63) is 12.4 Å². The zero-order chi connectivity index (χ0) is 12.3. The van der Waals surface area contributed by atoms with Crippen LogP contribution in [0.15, 0.2) is 12.4 Å². The fraction of sp³-hybridized carbons (Fsp3) is 0.545. The molecule has 0 amide bonds. The Labute approximate surface area is 99.0 Å². The van der Waals surface area contributed by atoms with Gasteiger partial charge in [-0.05, 0) is 25.7 Å². The molecule has 0 aromatic carbocycles. The molecule has 1 aromatic rings. The minimum Gasteiger partial charge on any atom is -0.480 e. The second-order valence-electron chi connectivity index (χ2n) is 3.97. The van der Waals surface area contributed by atoms with Gasteiger partial charge in [0.25, 0.3) is 0 Å². The Bertz CT molecular complexity index is 407. The molecule has 2 rings (SSSR count). The lowest BCUT2D eigenvalue weighted by Gasteiger charge is -2.14. The summed E-state index contributed by atoms with van der Waals surface area (Å²) in [6, 6.07) is 1.04. The summed E-state index contributed by atoms with van der Waals surface area (Å²) in [5, 5.41) is 12.0. The van der Waals surface area contributed by atoms with Crippen LogP contribution in [0.2, 0.25) is 0 Å². The van der Waals surface area contributed by atoms with E-state index < -0.39 is 12.0 Å². The summed E-state index contributed by atoms with van der Waals surface area (Å²) in [6.45, 7) is 2.38. The van der Waals surface area contributed by atoms with Crippen molar-refractivity contribution in [1.82, 2.24) is 9.97 Å². The van der Waals surface area contributed by atoms with E-state index in [1.807, 2.05) is 6.92 Å². The summed E-state index contributed by atoms with van der Waals surface area (Å²) in [7, 11) is 0. The van der Waals surface area contributed by atoms with Crippen molar-refractivity contribution < 1.29 is 14.6 Å². The van der Waals surface area contributed by atoms with E-state index in [4.69, 9.17) is 9.84 Å². The standard InChI is InChI=1S/C11H15N3O3/c1-2-17-9-5-8(12-6-13-9)14-10(11(15)16)7-3-4-7/h5-7,10H,2-4H2,1H3,(H,15,16)(H,12,13,14). The van der Waals surface area contributed by atoms with Gasteiger partial charge in [0.15, 0.2) is 0 Å². The van der Waals surface area contributed by atoms with Gasteiger partial charge in [0, 0.05) is 6.07 Å². The summed E-state index contributed by atoms with van der Waals surface area (Å²) in [5.41, 5.74) is 0. The molecule has 1 saturated carbocycles. The van der Waals surface area contributed by atoms with Crippen LogP contribution in [0.4, 0.5) is 5.82 Å². The molecule has 6 heteroatoms. The second-order valence-corrected chi connectivity index (χ2v) is 3.97. The third kappa shape index (κ3) is 3.05. The summed E-state index contributed by atoms with van der Waals surface area (Å²) in [6.07, 6.45) is 3.26. The van der Waals surface area contributed by atoms with E-state index in [-0.39, 0.29) is 5.92 Å². The van der Waals surface area contributed by atoms with Crippen molar-refractivity contribution in [3.8, 4) is 5.88 Å². The molecule has 17 heavy (non-hydrogen) atoms. The van der Waals surface area contributed by atoms with Crippen LogP contribution >= 0.6 is 0 Å². The van der Waals surface area contributed by atoms with E-state index in [0.29, 0.717) is 18.3 Å². The second kappa shape index (κ2) is 4.99. The lowest BCUT2D eigenvalue weighted by molar-refractivity contribution is -0.138. The van der Waals surface area contributed by atoms with Crippen molar-refractivity contribution >= 4 is 11.8 Å². The highest BCUT2D eigenvalue weighted by Crippen LogP contribution is 2.34. The largest absolute Gasteiger partial charge is 0.480 e. The van der Waals surface area contributed by atoms with Gasteiger partial charge >= 0.3 is 5.97 Å². The number of aliphatic carboxylic acids is 1. The Hall–Kier alpha value is -1.85. The number of nitrogens with one attached hydrogen (secondary N) is 1. The number of hydrogen-bond acceptors (Lipinski definition) is 5. The predicted octanol–water partition coefficient (Wildman–Crippen LogP) is 1.15. The van der Waals surface area contributed by atoms with E-state index >= 15 is 0 Å². The molecule has 0 saturated heterocycles. The van der Waals surface area contributed by atoms with Crippen LogP contribution in [0.25, 0.3) is 0 Å². The average molecular weight is 237 g/mol. The van der Waals surface area contributed by atoms with E-state index in [0.717, 1.165) is 12.8 Å². The molecule has 92 valence electrons. The van der Waals surface area contributed by atoms with Crippen molar-refractivity contribution in [2.45, 2.75) is 25.8 Å². The van der Waals surface area contributed by atoms with Gasteiger partial charge in [-0.25, -0.2) is 14.8 Å². The Morgan fingerprint density at radius 2 is 2.41 bits per heavy atom. The Balaban J connectivity index is 2.05. The van der Waals surface area contributed by atoms with Crippen molar-refractivity contribution in [3.63, 3.8) is 0 Å². The number of carboxylic acids is 1. The van der Waals surface area contributed by atoms with Crippen LogP contribution in [-0.2, 0) is 4.79 Å². The van der Waals surface area contributed by atoms with Gasteiger partial charge in [-0.15, -0.1) is 0 Å². The van der Waals surface area contributed by atoms with Crippen LogP contribution in [0, 0.1) is 5.92 Å². The van der Waals surface area contributed by atoms with E-state index in [1.165, 1.54) is 6.33 Å². The molecule has 1 heterocycles. The first-order chi connectivity index (χ1) is 8.20. The fourth-order valence-corrected chi connectivity index (χ4v) is 1.62. The minimum absolute atomic E-state index is 0.206. The quantitative estimate of drug-likeness (QED) is 0.772. The Morgan fingerprint density at radius 3 is 3.00 bits per heavy atom. The highest BCUT2D eigenvalue weighted by molar-refractivity contribution is 5.77.